The van der Waals surface area contributed by atoms with E-state index in [0.717, 1.165) is 38.2 Å². The number of nitrogens with two attached hydrogens (primary N) is 1. The van der Waals surface area contributed by atoms with Crippen molar-refractivity contribution >= 4 is 0 Å². The molecule has 1 saturated heterocycles. The monoisotopic (exact) mass is 237 g/mol. The van der Waals surface area contributed by atoms with Crippen molar-refractivity contribution in [2.24, 2.45) is 5.73 Å². The molecule has 0 bridgehead atoms. The Hall–Kier alpha value is -0.980. The molecule has 3 N–H and O–H groups in total. The van der Waals surface area contributed by atoms with E-state index in [9.17, 15) is 5.11 Å². The normalized spacial score (nSPS) is 33.2. The highest BCUT2D eigenvalue weighted by atomic mass is 16.3. The van der Waals surface area contributed by atoms with E-state index in [0.29, 0.717) is 18.6 Å². The maximum atomic E-state index is 9.70. The van der Waals surface area contributed by atoms with Crippen LogP contribution in [0.3, 0.4) is 0 Å². The van der Waals surface area contributed by atoms with Gasteiger partial charge in [0.15, 0.2) is 0 Å². The lowest BCUT2D eigenvalue weighted by molar-refractivity contribution is 0.165. The van der Waals surface area contributed by atoms with Gasteiger partial charge in [-0.05, 0) is 12.8 Å². The van der Waals surface area contributed by atoms with E-state index in [4.69, 9.17) is 5.73 Å². The fourth-order valence-electron chi connectivity index (χ4n) is 3.04. The number of aryl methyl sites for hydroxylation is 1. The van der Waals surface area contributed by atoms with Crippen molar-refractivity contribution in [2.45, 2.75) is 37.5 Å². The number of rotatable bonds is 3. The minimum atomic E-state index is -0.222. The summed E-state index contributed by atoms with van der Waals surface area (Å²) in [4.78, 5) is 6.53. The first kappa shape index (κ1) is 11.1. The standard InChI is InChI=1S/C11H19N5O/c12-4-9-3-10(17)6-15(9)5-8-1-2-11-13-7-14-16(8)11/h7-10,17H,1-6,12H2/t8?,9-,10-/m1/s1. The van der Waals surface area contributed by atoms with Gasteiger partial charge in [-0.25, -0.2) is 9.67 Å². The smallest absolute Gasteiger partial charge is 0.138 e. The van der Waals surface area contributed by atoms with Gasteiger partial charge in [-0.2, -0.15) is 5.10 Å². The molecule has 3 atom stereocenters. The Balaban J connectivity index is 1.68. The molecule has 0 spiro atoms. The van der Waals surface area contributed by atoms with Gasteiger partial charge in [0, 0.05) is 32.1 Å². The Morgan fingerprint density at radius 2 is 2.35 bits per heavy atom. The Morgan fingerprint density at radius 3 is 3.18 bits per heavy atom. The van der Waals surface area contributed by atoms with E-state index in [-0.39, 0.29) is 6.10 Å². The minimum Gasteiger partial charge on any atom is -0.392 e. The van der Waals surface area contributed by atoms with E-state index < -0.39 is 0 Å². The zero-order valence-corrected chi connectivity index (χ0v) is 9.87. The van der Waals surface area contributed by atoms with Gasteiger partial charge in [0.05, 0.1) is 12.1 Å². The molecule has 0 saturated carbocycles. The number of hydrogen-bond acceptors (Lipinski definition) is 5. The van der Waals surface area contributed by atoms with Crippen molar-refractivity contribution < 1.29 is 5.11 Å². The molecule has 1 aromatic heterocycles. The zero-order valence-electron chi connectivity index (χ0n) is 9.87. The fraction of sp³-hybridized carbons (Fsp3) is 0.818. The predicted molar refractivity (Wildman–Crippen MR) is 62.4 cm³/mol. The summed E-state index contributed by atoms with van der Waals surface area (Å²) in [5, 5.41) is 14.0. The molecule has 0 amide bonds. The molecule has 3 heterocycles. The third-order valence-electron chi connectivity index (χ3n) is 3.92. The lowest BCUT2D eigenvalue weighted by atomic mass is 10.1. The molecule has 6 nitrogen and oxygen atoms in total. The van der Waals surface area contributed by atoms with Crippen LogP contribution in [0.4, 0.5) is 0 Å². The van der Waals surface area contributed by atoms with Crippen LogP contribution >= 0.6 is 0 Å². The molecule has 2 aliphatic heterocycles. The van der Waals surface area contributed by atoms with Crippen LogP contribution in [-0.4, -0.2) is 56.6 Å². The van der Waals surface area contributed by atoms with E-state index >= 15 is 0 Å². The summed E-state index contributed by atoms with van der Waals surface area (Å²) in [6.07, 6.45) is 4.31. The summed E-state index contributed by atoms with van der Waals surface area (Å²) in [6, 6.07) is 0.712. The van der Waals surface area contributed by atoms with Crippen LogP contribution < -0.4 is 5.73 Å². The third kappa shape index (κ3) is 1.96. The topological polar surface area (TPSA) is 80.2 Å². The Bertz CT molecular complexity index is 393. The van der Waals surface area contributed by atoms with Crippen molar-refractivity contribution in [2.75, 3.05) is 19.6 Å². The second kappa shape index (κ2) is 4.36. The predicted octanol–water partition coefficient (Wildman–Crippen LogP) is -0.841. The Morgan fingerprint density at radius 1 is 1.47 bits per heavy atom. The van der Waals surface area contributed by atoms with Crippen molar-refractivity contribution in [1.82, 2.24) is 19.7 Å². The van der Waals surface area contributed by atoms with Gasteiger partial charge in [0.25, 0.3) is 0 Å². The van der Waals surface area contributed by atoms with Crippen molar-refractivity contribution in [3.8, 4) is 0 Å². The summed E-state index contributed by atoms with van der Waals surface area (Å²) in [5.41, 5.74) is 5.75. The number of nitrogens with zero attached hydrogens (tertiary/aromatic N) is 4. The lowest BCUT2D eigenvalue weighted by Gasteiger charge is -2.26. The highest BCUT2D eigenvalue weighted by Gasteiger charge is 2.33. The van der Waals surface area contributed by atoms with Gasteiger partial charge in [0.1, 0.15) is 12.2 Å². The fourth-order valence-corrected chi connectivity index (χ4v) is 3.04. The van der Waals surface area contributed by atoms with Gasteiger partial charge in [-0.3, -0.25) is 4.90 Å². The average molecular weight is 237 g/mol. The van der Waals surface area contributed by atoms with Crippen LogP contribution in [0.2, 0.25) is 0 Å². The van der Waals surface area contributed by atoms with E-state index in [2.05, 4.69) is 15.0 Å². The molecule has 1 aromatic rings. The molecule has 3 rings (SSSR count). The van der Waals surface area contributed by atoms with Gasteiger partial charge in [-0.1, -0.05) is 0 Å². The molecule has 94 valence electrons. The van der Waals surface area contributed by atoms with E-state index in [1.54, 1.807) is 6.33 Å². The maximum absolute atomic E-state index is 9.70. The lowest BCUT2D eigenvalue weighted by Crippen LogP contribution is -2.38. The van der Waals surface area contributed by atoms with Gasteiger partial charge < -0.3 is 10.8 Å². The SMILES string of the molecule is NC[C@H]1C[C@@H](O)CN1CC1CCc2ncnn21. The van der Waals surface area contributed by atoms with Gasteiger partial charge in [-0.15, -0.1) is 0 Å². The van der Waals surface area contributed by atoms with Gasteiger partial charge >= 0.3 is 0 Å². The highest BCUT2D eigenvalue weighted by Crippen LogP contribution is 2.27. The molecular formula is C11H19N5O. The van der Waals surface area contributed by atoms with E-state index in [1.165, 1.54) is 0 Å². The van der Waals surface area contributed by atoms with Crippen LogP contribution in [0, 0.1) is 0 Å². The van der Waals surface area contributed by atoms with Crippen molar-refractivity contribution in [3.63, 3.8) is 0 Å². The first-order valence-electron chi connectivity index (χ1n) is 6.28. The first-order valence-corrected chi connectivity index (χ1v) is 6.28. The van der Waals surface area contributed by atoms with Crippen LogP contribution in [0.5, 0.6) is 0 Å². The molecular weight excluding hydrogens is 218 g/mol. The number of β-amino-alcohol motifs (C(OH)–C–C–N with tert-alkyl or cyclic N) is 1. The molecule has 0 aliphatic carbocycles. The number of aliphatic hydroxyl groups excluding tert-OH is 1. The summed E-state index contributed by atoms with van der Waals surface area (Å²) < 4.78 is 2.03. The average Bonchev–Trinajstić information content (AvgIpc) is 2.96. The van der Waals surface area contributed by atoms with Crippen LogP contribution in [0.25, 0.3) is 0 Å². The van der Waals surface area contributed by atoms with Crippen LogP contribution in [0.15, 0.2) is 6.33 Å². The number of hydrogen-bond donors (Lipinski definition) is 2. The summed E-state index contributed by atoms with van der Waals surface area (Å²) in [7, 11) is 0. The molecule has 6 heteroatoms. The maximum Gasteiger partial charge on any atom is 0.138 e. The molecule has 0 aromatic carbocycles. The summed E-state index contributed by atoms with van der Waals surface area (Å²) in [6.45, 7) is 2.28. The number of likely N-dealkylation sites (tertiary alicyclic amines) is 1. The minimum absolute atomic E-state index is 0.222. The zero-order chi connectivity index (χ0) is 11.8. The van der Waals surface area contributed by atoms with Gasteiger partial charge in [0.2, 0.25) is 0 Å². The second-order valence-electron chi connectivity index (χ2n) is 5.05. The van der Waals surface area contributed by atoms with Crippen LogP contribution in [0.1, 0.15) is 24.7 Å². The molecule has 1 fully saturated rings. The number of aromatic nitrogens is 3. The Kier molecular flexibility index (Phi) is 2.85. The highest BCUT2D eigenvalue weighted by molar-refractivity contribution is 4.97. The second-order valence-corrected chi connectivity index (χ2v) is 5.05. The molecule has 1 unspecified atom stereocenters. The Labute approximate surface area is 100 Å². The van der Waals surface area contributed by atoms with Crippen LogP contribution in [-0.2, 0) is 6.42 Å². The quantitative estimate of drug-likeness (QED) is 0.716. The number of aliphatic hydroxyl groups is 1. The van der Waals surface area contributed by atoms with Crippen molar-refractivity contribution in [1.29, 1.82) is 0 Å². The summed E-state index contributed by atoms with van der Waals surface area (Å²) >= 11 is 0. The first-order chi connectivity index (χ1) is 8.28. The van der Waals surface area contributed by atoms with Crippen molar-refractivity contribution in [3.05, 3.63) is 12.2 Å². The van der Waals surface area contributed by atoms with E-state index in [1.807, 2.05) is 4.68 Å². The molecule has 17 heavy (non-hydrogen) atoms. The number of fused-ring (bicyclic) bond motifs is 1. The largest absolute Gasteiger partial charge is 0.392 e. The third-order valence-corrected chi connectivity index (χ3v) is 3.92. The molecule has 0 radical (unpaired) electrons. The summed E-state index contributed by atoms with van der Waals surface area (Å²) in [5.74, 6) is 1.08. The molecule has 2 aliphatic rings.